The molecule has 55 heavy (non-hydrogen) atoms. The van der Waals surface area contributed by atoms with Crippen LogP contribution in [-0.4, -0.2) is 94.6 Å². The van der Waals surface area contributed by atoms with Crippen LogP contribution in [0.25, 0.3) is 5.69 Å². The van der Waals surface area contributed by atoms with Gasteiger partial charge in [-0.25, -0.2) is 14.1 Å². The number of nitrogens with zero attached hydrogens (tertiary/aromatic N) is 6. The molecule has 14 nitrogen and oxygen atoms in total. The molecule has 288 valence electrons. The summed E-state index contributed by atoms with van der Waals surface area (Å²) in [6, 6.07) is 15.0. The Hall–Kier alpha value is -6.04. The number of hydrogen-bond donors (Lipinski definition) is 4. The van der Waals surface area contributed by atoms with Gasteiger partial charge >= 0.3 is 6.18 Å². The number of alkyl halides is 3. The topological polar surface area (TPSA) is 171 Å². The Morgan fingerprint density at radius 1 is 0.873 bits per heavy atom. The maximum atomic E-state index is 15.2. The zero-order valence-corrected chi connectivity index (χ0v) is 29.5. The lowest BCUT2D eigenvalue weighted by molar-refractivity contribution is -0.141. The summed E-state index contributed by atoms with van der Waals surface area (Å²) in [6.07, 6.45) is -1.00. The number of carbonyl (C=O) groups excluding carboxylic acids is 4. The molecule has 2 aromatic heterocycles. The number of carbonyl (C=O) groups is 4. The Kier molecular flexibility index (Phi) is 10.4. The average molecular weight is 763 g/mol. The van der Waals surface area contributed by atoms with Crippen molar-refractivity contribution in [3.05, 3.63) is 89.8 Å². The van der Waals surface area contributed by atoms with Gasteiger partial charge in [-0.1, -0.05) is 6.07 Å². The van der Waals surface area contributed by atoms with Crippen LogP contribution in [0.15, 0.2) is 66.9 Å². The van der Waals surface area contributed by atoms with E-state index >= 15 is 4.39 Å². The number of aromatic nitrogens is 3. The van der Waals surface area contributed by atoms with E-state index in [2.05, 4.69) is 40.7 Å². The monoisotopic (exact) mass is 762 g/mol. The maximum absolute atomic E-state index is 15.2. The molecule has 1 unspecified atom stereocenters. The third-order valence-corrected chi connectivity index (χ3v) is 10.1. The van der Waals surface area contributed by atoms with Crippen LogP contribution in [0.5, 0.6) is 0 Å². The van der Waals surface area contributed by atoms with Gasteiger partial charge in [0.15, 0.2) is 5.69 Å². The normalized spacial score (nSPS) is 18.6. The first kappa shape index (κ1) is 37.3. The number of nitrogens with one attached hydrogen (secondary N) is 3. The lowest BCUT2D eigenvalue weighted by Crippen LogP contribution is -2.53. The molecule has 1 atom stereocenters. The average Bonchev–Trinajstić information content (AvgIpc) is 3.60. The van der Waals surface area contributed by atoms with Crippen LogP contribution in [0.2, 0.25) is 0 Å². The molecule has 3 fully saturated rings. The molecule has 3 saturated heterocycles. The van der Waals surface area contributed by atoms with Crippen molar-refractivity contribution in [2.45, 2.75) is 43.9 Å². The van der Waals surface area contributed by atoms with Gasteiger partial charge in [-0.3, -0.25) is 29.4 Å². The summed E-state index contributed by atoms with van der Waals surface area (Å²) < 4.78 is 55.9. The molecule has 0 saturated carbocycles. The third-order valence-electron chi connectivity index (χ3n) is 10.1. The van der Waals surface area contributed by atoms with Gasteiger partial charge in [-0.15, -0.1) is 0 Å². The second kappa shape index (κ2) is 15.4. The molecule has 2 aromatic carbocycles. The third kappa shape index (κ3) is 8.38. The summed E-state index contributed by atoms with van der Waals surface area (Å²) in [7, 11) is 0. The van der Waals surface area contributed by atoms with Gasteiger partial charge < -0.3 is 26.2 Å². The van der Waals surface area contributed by atoms with Crippen molar-refractivity contribution in [2.75, 3.05) is 59.7 Å². The zero-order valence-electron chi connectivity index (χ0n) is 29.5. The smallest absolute Gasteiger partial charge is 0.374 e. The van der Waals surface area contributed by atoms with E-state index in [1.807, 2.05) is 12.1 Å². The van der Waals surface area contributed by atoms with Crippen LogP contribution >= 0.6 is 0 Å². The lowest BCUT2D eigenvalue weighted by Gasteiger charge is -2.44. The number of nitrogens with two attached hydrogens (primary N) is 1. The number of hydrogen-bond acceptors (Lipinski definition) is 10. The number of piperidine rings is 2. The number of rotatable bonds is 9. The van der Waals surface area contributed by atoms with Crippen molar-refractivity contribution in [1.29, 1.82) is 0 Å². The standard InChI is InChI=1S/C37H38F4N10O4/c38-26-20-22(43-28-9-11-32(52)46-36(28)55)4-10-30(26)50-14-12-24(13-15-50)49-18-16-48(17-19-49)23-5-7-25(8-6-23)51-21-29(33(47-51)34(42)53)45-35(54)27-2-1-3-31(44-27)37(39,40)41/h1-8,10,20-21,24,28,43H,9,11-19H2,(H2,42,53)(H,45,54)(H,46,52,55). The van der Waals surface area contributed by atoms with E-state index in [0.29, 0.717) is 42.6 Å². The summed E-state index contributed by atoms with van der Waals surface area (Å²) in [5, 5.41) is 11.9. The molecule has 0 spiro atoms. The second-order valence-electron chi connectivity index (χ2n) is 13.6. The molecule has 0 radical (unpaired) electrons. The van der Waals surface area contributed by atoms with Crippen LogP contribution in [0, 0.1) is 5.82 Å². The number of imide groups is 1. The van der Waals surface area contributed by atoms with Crippen LogP contribution < -0.4 is 31.5 Å². The minimum Gasteiger partial charge on any atom is -0.374 e. The van der Waals surface area contributed by atoms with Gasteiger partial charge in [0.2, 0.25) is 11.8 Å². The van der Waals surface area contributed by atoms with Crippen LogP contribution in [0.4, 0.5) is 40.3 Å². The van der Waals surface area contributed by atoms with E-state index in [1.54, 1.807) is 24.3 Å². The number of halogens is 4. The van der Waals surface area contributed by atoms with E-state index < -0.39 is 41.3 Å². The highest BCUT2D eigenvalue weighted by Gasteiger charge is 2.33. The SMILES string of the molecule is NC(=O)c1nn(-c2ccc(N3CCN(C4CCN(c5ccc(NC6CCC(=O)NC6=O)cc5F)CC4)CC3)cc2)cc1NC(=O)c1cccc(C(F)(F)F)n1. The van der Waals surface area contributed by atoms with Gasteiger partial charge in [-0.05, 0) is 73.9 Å². The van der Waals surface area contributed by atoms with E-state index in [9.17, 15) is 32.3 Å². The number of pyridine rings is 1. The first-order valence-electron chi connectivity index (χ1n) is 17.8. The van der Waals surface area contributed by atoms with Gasteiger partial charge in [0, 0.05) is 63.1 Å². The van der Waals surface area contributed by atoms with Crippen molar-refractivity contribution in [2.24, 2.45) is 5.73 Å². The zero-order chi connectivity index (χ0) is 38.9. The molecule has 0 aliphatic carbocycles. The number of primary amides is 1. The summed E-state index contributed by atoms with van der Waals surface area (Å²) in [6.45, 7) is 4.72. The minimum absolute atomic E-state index is 0.0786. The highest BCUT2D eigenvalue weighted by molar-refractivity contribution is 6.07. The van der Waals surface area contributed by atoms with Gasteiger partial charge in [0.05, 0.1) is 23.3 Å². The number of piperazine rings is 1. The fourth-order valence-corrected chi connectivity index (χ4v) is 7.20. The Balaban J connectivity index is 0.910. The molecule has 5 heterocycles. The molecule has 3 aliphatic rings. The minimum atomic E-state index is -4.74. The lowest BCUT2D eigenvalue weighted by atomic mass is 10.0. The number of benzene rings is 2. The summed E-state index contributed by atoms with van der Waals surface area (Å²) >= 11 is 0. The van der Waals surface area contributed by atoms with Crippen LogP contribution in [-0.2, 0) is 15.8 Å². The van der Waals surface area contributed by atoms with Crippen molar-refractivity contribution >= 4 is 46.4 Å². The van der Waals surface area contributed by atoms with Gasteiger partial charge in [0.1, 0.15) is 23.2 Å². The number of anilines is 4. The molecule has 0 bridgehead atoms. The Morgan fingerprint density at radius 2 is 1.58 bits per heavy atom. The molecule has 4 amide bonds. The molecule has 18 heteroatoms. The summed E-state index contributed by atoms with van der Waals surface area (Å²) in [4.78, 5) is 58.6. The molecular formula is C37H38F4N10O4. The Morgan fingerprint density at radius 3 is 2.24 bits per heavy atom. The predicted molar refractivity (Wildman–Crippen MR) is 194 cm³/mol. The maximum Gasteiger partial charge on any atom is 0.433 e. The highest BCUT2D eigenvalue weighted by Crippen LogP contribution is 2.30. The summed E-state index contributed by atoms with van der Waals surface area (Å²) in [5.41, 5.74) is 5.98. The van der Waals surface area contributed by atoms with Gasteiger partial charge in [-0.2, -0.15) is 18.3 Å². The molecule has 3 aliphatic heterocycles. The number of amides is 4. The first-order valence-corrected chi connectivity index (χ1v) is 17.8. The van der Waals surface area contributed by atoms with Crippen molar-refractivity contribution in [1.82, 2.24) is 25.0 Å². The van der Waals surface area contributed by atoms with Crippen molar-refractivity contribution < 1.29 is 36.7 Å². The van der Waals surface area contributed by atoms with E-state index in [-0.39, 0.29) is 29.5 Å². The van der Waals surface area contributed by atoms with Crippen LogP contribution in [0.1, 0.15) is 52.4 Å². The van der Waals surface area contributed by atoms with Crippen LogP contribution in [0.3, 0.4) is 0 Å². The Labute approximate surface area is 312 Å². The fourth-order valence-electron chi connectivity index (χ4n) is 7.20. The second-order valence-corrected chi connectivity index (χ2v) is 13.6. The van der Waals surface area contributed by atoms with E-state index in [0.717, 1.165) is 62.9 Å². The molecular weight excluding hydrogens is 724 g/mol. The largest absolute Gasteiger partial charge is 0.433 e. The van der Waals surface area contributed by atoms with E-state index in [1.165, 1.54) is 16.9 Å². The summed E-state index contributed by atoms with van der Waals surface area (Å²) in [5.74, 6) is -2.98. The first-order chi connectivity index (χ1) is 26.3. The van der Waals surface area contributed by atoms with Crippen molar-refractivity contribution in [3.63, 3.8) is 0 Å². The predicted octanol–water partition coefficient (Wildman–Crippen LogP) is 3.78. The Bertz CT molecular complexity index is 2090. The van der Waals surface area contributed by atoms with E-state index in [4.69, 9.17) is 5.73 Å². The molecule has 4 aromatic rings. The molecule has 7 rings (SSSR count). The highest BCUT2D eigenvalue weighted by atomic mass is 19.4. The van der Waals surface area contributed by atoms with Crippen molar-refractivity contribution in [3.8, 4) is 5.69 Å². The fraction of sp³-hybridized carbons (Fsp3) is 0.351. The quantitative estimate of drug-likeness (QED) is 0.145. The van der Waals surface area contributed by atoms with Gasteiger partial charge in [0.25, 0.3) is 11.8 Å². The molecule has 5 N–H and O–H groups in total.